The van der Waals surface area contributed by atoms with Gasteiger partial charge in [0.2, 0.25) is 11.1 Å². The summed E-state index contributed by atoms with van der Waals surface area (Å²) in [4.78, 5) is 28.6. The fourth-order valence-electron chi connectivity index (χ4n) is 3.05. The van der Waals surface area contributed by atoms with E-state index in [4.69, 9.17) is 0 Å². The summed E-state index contributed by atoms with van der Waals surface area (Å²) in [7, 11) is 0. The third-order valence-corrected chi connectivity index (χ3v) is 5.59. The Kier molecular flexibility index (Phi) is 5.57. The molecule has 9 heteroatoms. The third-order valence-electron chi connectivity index (χ3n) is 4.69. The van der Waals surface area contributed by atoms with E-state index in [9.17, 15) is 9.59 Å². The smallest absolute Gasteiger partial charge is 0.255 e. The van der Waals surface area contributed by atoms with Gasteiger partial charge in [-0.3, -0.25) is 9.59 Å². The molecule has 1 saturated heterocycles. The van der Waals surface area contributed by atoms with Crippen LogP contribution in [-0.4, -0.2) is 67.3 Å². The zero-order valence-electron chi connectivity index (χ0n) is 15.9. The Morgan fingerprint density at radius 2 is 1.72 bits per heavy atom. The molecule has 2 heterocycles. The molecular weight excluding hydrogens is 388 g/mol. The van der Waals surface area contributed by atoms with Gasteiger partial charge in [0.15, 0.2) is 0 Å². The summed E-state index contributed by atoms with van der Waals surface area (Å²) in [5.74, 6) is 0.109. The van der Waals surface area contributed by atoms with Crippen LogP contribution in [0.3, 0.4) is 0 Å². The maximum Gasteiger partial charge on any atom is 0.255 e. The highest BCUT2D eigenvalue weighted by molar-refractivity contribution is 7.99. The lowest BCUT2D eigenvalue weighted by molar-refractivity contribution is -0.127. The molecule has 148 valence electrons. The molecule has 1 fully saturated rings. The lowest BCUT2D eigenvalue weighted by Crippen LogP contribution is -2.34. The molecule has 0 radical (unpaired) electrons. The number of aryl methyl sites for hydroxylation is 1. The van der Waals surface area contributed by atoms with E-state index in [1.54, 1.807) is 14.5 Å². The van der Waals surface area contributed by atoms with Crippen LogP contribution >= 0.6 is 11.8 Å². The molecule has 0 unspecified atom stereocenters. The second kappa shape index (κ2) is 8.44. The largest absolute Gasteiger partial charge is 0.322 e. The number of amides is 2. The van der Waals surface area contributed by atoms with Crippen LogP contribution in [0.25, 0.3) is 5.69 Å². The molecule has 8 nitrogen and oxygen atoms in total. The summed E-state index contributed by atoms with van der Waals surface area (Å²) in [5.41, 5.74) is 2.58. The van der Waals surface area contributed by atoms with Crippen molar-refractivity contribution in [1.82, 2.24) is 30.0 Å². The molecule has 0 bridgehead atoms. The molecule has 2 aromatic carbocycles. The number of benzene rings is 2. The van der Waals surface area contributed by atoms with E-state index in [1.165, 1.54) is 11.8 Å². The second-order valence-corrected chi connectivity index (χ2v) is 7.67. The van der Waals surface area contributed by atoms with E-state index < -0.39 is 0 Å². The molecule has 1 aromatic heterocycles. The quantitative estimate of drug-likeness (QED) is 0.601. The summed E-state index contributed by atoms with van der Waals surface area (Å²) < 4.78 is 1.61. The van der Waals surface area contributed by atoms with Crippen LogP contribution in [0.4, 0.5) is 0 Å². The predicted octanol–water partition coefficient (Wildman–Crippen LogP) is 2.00. The number of hydrogen-bond donors (Lipinski definition) is 0. The average molecular weight is 408 g/mol. The van der Waals surface area contributed by atoms with Gasteiger partial charge in [-0.1, -0.05) is 47.7 Å². The minimum Gasteiger partial charge on any atom is -0.322 e. The highest BCUT2D eigenvalue weighted by Gasteiger charge is 2.28. The van der Waals surface area contributed by atoms with Crippen LogP contribution in [0.15, 0.2) is 59.8 Å². The molecule has 2 amide bonds. The summed E-state index contributed by atoms with van der Waals surface area (Å²) in [6, 6.07) is 17.0. The van der Waals surface area contributed by atoms with Gasteiger partial charge in [-0.15, -0.1) is 5.10 Å². The van der Waals surface area contributed by atoms with Crippen LogP contribution in [0.5, 0.6) is 0 Å². The number of aromatic nitrogens is 4. The Hall–Kier alpha value is -3.20. The van der Waals surface area contributed by atoms with E-state index in [1.807, 2.05) is 61.5 Å². The molecule has 0 spiro atoms. The molecule has 4 rings (SSSR count). The molecule has 0 aliphatic carbocycles. The Balaban J connectivity index is 1.34. The summed E-state index contributed by atoms with van der Waals surface area (Å²) >= 11 is 1.28. The van der Waals surface area contributed by atoms with E-state index in [-0.39, 0.29) is 17.6 Å². The number of hydrogen-bond acceptors (Lipinski definition) is 6. The van der Waals surface area contributed by atoms with Gasteiger partial charge < -0.3 is 9.80 Å². The van der Waals surface area contributed by atoms with Gasteiger partial charge in [0.1, 0.15) is 0 Å². The minimum atomic E-state index is -0.0547. The second-order valence-electron chi connectivity index (χ2n) is 6.73. The van der Waals surface area contributed by atoms with Gasteiger partial charge in [-0.05, 0) is 41.6 Å². The fraction of sp³-hybridized carbons (Fsp3) is 0.250. The first-order chi connectivity index (χ1) is 14.1. The van der Waals surface area contributed by atoms with E-state index in [0.717, 1.165) is 11.3 Å². The first kappa shape index (κ1) is 19.1. The van der Waals surface area contributed by atoms with Crippen molar-refractivity contribution in [2.45, 2.75) is 12.1 Å². The SMILES string of the molecule is Cc1ccc(C(=O)N2CCN(C(=O)CSc3nnnn3-c3ccccc3)C2)cc1. The number of nitrogens with zero attached hydrogens (tertiary/aromatic N) is 6. The standard InChI is InChI=1S/C20H20N6O2S/c1-15-7-9-16(10-8-15)19(28)25-12-11-24(14-25)18(27)13-29-20-21-22-23-26(20)17-5-3-2-4-6-17/h2-10H,11-14H2,1H3. The highest BCUT2D eigenvalue weighted by atomic mass is 32.2. The zero-order valence-corrected chi connectivity index (χ0v) is 16.7. The van der Waals surface area contributed by atoms with E-state index >= 15 is 0 Å². The summed E-state index contributed by atoms with van der Waals surface area (Å²) in [6.07, 6.45) is 0. The first-order valence-electron chi connectivity index (χ1n) is 9.22. The molecule has 0 atom stereocenters. The number of tetrazole rings is 1. The normalized spacial score (nSPS) is 13.7. The fourth-order valence-corrected chi connectivity index (χ4v) is 3.85. The van der Waals surface area contributed by atoms with Crippen LogP contribution in [0, 0.1) is 6.92 Å². The Labute approximate surface area is 172 Å². The first-order valence-corrected chi connectivity index (χ1v) is 10.2. The Bertz CT molecular complexity index is 1010. The van der Waals surface area contributed by atoms with Crippen molar-refractivity contribution in [3.8, 4) is 5.69 Å². The van der Waals surface area contributed by atoms with Crippen molar-refractivity contribution in [2.24, 2.45) is 0 Å². The Morgan fingerprint density at radius 1 is 1.00 bits per heavy atom. The van der Waals surface area contributed by atoms with Crippen molar-refractivity contribution in [2.75, 3.05) is 25.5 Å². The number of rotatable bonds is 5. The number of para-hydroxylation sites is 1. The molecule has 0 saturated carbocycles. The van der Waals surface area contributed by atoms with E-state index in [2.05, 4.69) is 15.5 Å². The van der Waals surface area contributed by atoms with Gasteiger partial charge in [0.25, 0.3) is 5.91 Å². The molecule has 3 aromatic rings. The molecule has 0 N–H and O–H groups in total. The van der Waals surface area contributed by atoms with Crippen molar-refractivity contribution >= 4 is 23.6 Å². The van der Waals surface area contributed by atoms with E-state index in [0.29, 0.717) is 30.5 Å². The number of carbonyl (C=O) groups is 2. The van der Waals surface area contributed by atoms with Crippen LogP contribution in [-0.2, 0) is 4.79 Å². The number of thioether (sulfide) groups is 1. The molecule has 29 heavy (non-hydrogen) atoms. The molecular formula is C20H20N6O2S. The van der Waals surface area contributed by atoms with Gasteiger partial charge in [0.05, 0.1) is 18.1 Å². The highest BCUT2D eigenvalue weighted by Crippen LogP contribution is 2.19. The predicted molar refractivity (Wildman–Crippen MR) is 109 cm³/mol. The zero-order chi connectivity index (χ0) is 20.2. The van der Waals surface area contributed by atoms with Gasteiger partial charge in [0, 0.05) is 18.7 Å². The molecule has 1 aliphatic rings. The minimum absolute atomic E-state index is 0.0446. The van der Waals surface area contributed by atoms with Crippen molar-refractivity contribution in [3.05, 3.63) is 65.7 Å². The van der Waals surface area contributed by atoms with Gasteiger partial charge >= 0.3 is 0 Å². The average Bonchev–Trinajstić information content (AvgIpc) is 3.42. The maximum absolute atomic E-state index is 12.6. The van der Waals surface area contributed by atoms with Gasteiger partial charge in [-0.2, -0.15) is 4.68 Å². The van der Waals surface area contributed by atoms with Crippen molar-refractivity contribution < 1.29 is 9.59 Å². The van der Waals surface area contributed by atoms with Crippen molar-refractivity contribution in [1.29, 1.82) is 0 Å². The van der Waals surface area contributed by atoms with Crippen molar-refractivity contribution in [3.63, 3.8) is 0 Å². The van der Waals surface area contributed by atoms with Crippen LogP contribution in [0.1, 0.15) is 15.9 Å². The topological polar surface area (TPSA) is 84.2 Å². The lowest BCUT2D eigenvalue weighted by atomic mass is 10.1. The van der Waals surface area contributed by atoms with Gasteiger partial charge in [-0.25, -0.2) is 0 Å². The third kappa shape index (κ3) is 4.29. The number of carbonyl (C=O) groups excluding carboxylic acids is 2. The summed E-state index contributed by atoms with van der Waals surface area (Å²) in [6.45, 7) is 3.34. The maximum atomic E-state index is 12.6. The molecule has 1 aliphatic heterocycles. The van der Waals surface area contributed by atoms with Crippen LogP contribution in [0.2, 0.25) is 0 Å². The lowest BCUT2D eigenvalue weighted by Gasteiger charge is -2.18. The van der Waals surface area contributed by atoms with Crippen LogP contribution < -0.4 is 0 Å². The monoisotopic (exact) mass is 408 g/mol. The summed E-state index contributed by atoms with van der Waals surface area (Å²) in [5, 5.41) is 12.3. The Morgan fingerprint density at radius 3 is 2.48 bits per heavy atom.